The molecule has 0 saturated heterocycles. The molecule has 0 spiro atoms. The number of halogens is 1. The third-order valence-electron chi connectivity index (χ3n) is 0.995. The van der Waals surface area contributed by atoms with Crippen LogP contribution in [0.25, 0.3) is 0 Å². The van der Waals surface area contributed by atoms with Crippen LogP contribution in [-0.4, -0.2) is 13.0 Å². The lowest BCUT2D eigenvalue weighted by Crippen LogP contribution is -1.79. The smallest absolute Gasteiger partial charge is 0.149 e. The second-order valence-electron chi connectivity index (χ2n) is 1.79. The molecule has 0 aliphatic heterocycles. The molecule has 0 N–H and O–H groups in total. The summed E-state index contributed by atoms with van der Waals surface area (Å²) in [5.41, 5.74) is 0.407. The number of aldehydes is 1. The molecule has 0 heterocycles. The maximum absolute atomic E-state index is 11.6. The van der Waals surface area contributed by atoms with Gasteiger partial charge in [0.1, 0.15) is 13.0 Å². The van der Waals surface area contributed by atoms with E-state index < -0.39 is 6.67 Å². The lowest BCUT2D eigenvalue weighted by Gasteiger charge is -1.85. The van der Waals surface area contributed by atoms with Crippen LogP contribution in [0.4, 0.5) is 4.39 Å². The normalized spacial score (nSPS) is 12.4. The number of hydrogen-bond acceptors (Lipinski definition) is 1. The molecule has 0 aliphatic carbocycles. The van der Waals surface area contributed by atoms with Crippen LogP contribution in [0.5, 0.6) is 0 Å². The Morgan fingerprint density at radius 3 is 2.70 bits per heavy atom. The zero-order valence-electron chi connectivity index (χ0n) is 6.01. The maximum Gasteiger partial charge on any atom is 0.149 e. The third-order valence-corrected chi connectivity index (χ3v) is 0.995. The van der Waals surface area contributed by atoms with E-state index in [4.69, 9.17) is 0 Å². The van der Waals surface area contributed by atoms with Crippen molar-refractivity contribution in [2.75, 3.05) is 6.67 Å². The molecule has 56 valence electrons. The van der Waals surface area contributed by atoms with Crippen LogP contribution in [0, 0.1) is 0 Å². The Morgan fingerprint density at radius 2 is 2.30 bits per heavy atom. The zero-order chi connectivity index (χ0) is 7.82. The Balaban J connectivity index is 3.94. The summed E-state index contributed by atoms with van der Waals surface area (Å²) in [6, 6.07) is 0. The Morgan fingerprint density at radius 1 is 1.60 bits per heavy atom. The molecule has 2 heteroatoms. The minimum absolute atomic E-state index is 0.407. The van der Waals surface area contributed by atoms with Crippen molar-refractivity contribution in [1.29, 1.82) is 0 Å². The van der Waals surface area contributed by atoms with Gasteiger partial charge in [-0.3, -0.25) is 4.79 Å². The molecule has 0 saturated carbocycles. The second kappa shape index (κ2) is 6.20. The molecule has 0 rings (SSSR count). The summed E-state index contributed by atoms with van der Waals surface area (Å²) in [6.07, 6.45) is 6.19. The number of carbonyl (C=O) groups excluding carboxylic acids is 1. The Hall–Kier alpha value is -0.920. The number of alkyl halides is 1. The molecule has 0 bridgehead atoms. The van der Waals surface area contributed by atoms with Crippen molar-refractivity contribution in [2.45, 2.75) is 13.3 Å². The summed E-state index contributed by atoms with van der Waals surface area (Å²) in [6.45, 7) is 1.37. The van der Waals surface area contributed by atoms with E-state index in [1.54, 1.807) is 6.08 Å². The van der Waals surface area contributed by atoms with Crippen molar-refractivity contribution in [3.8, 4) is 0 Å². The molecule has 0 radical (unpaired) electrons. The van der Waals surface area contributed by atoms with Gasteiger partial charge >= 0.3 is 0 Å². The SMILES string of the molecule is CC/C=C\C(C=O)=C/CF. The van der Waals surface area contributed by atoms with Gasteiger partial charge in [0.25, 0.3) is 0 Å². The summed E-state index contributed by atoms with van der Waals surface area (Å²) < 4.78 is 11.6. The quantitative estimate of drug-likeness (QED) is 0.333. The monoisotopic (exact) mass is 142 g/mol. The molecule has 0 aliphatic rings. The van der Waals surface area contributed by atoms with Crippen LogP contribution in [0.3, 0.4) is 0 Å². The molecule has 0 atom stereocenters. The van der Waals surface area contributed by atoms with Crippen LogP contribution in [-0.2, 0) is 4.79 Å². The average Bonchev–Trinajstić information content (AvgIpc) is 1.98. The lowest BCUT2D eigenvalue weighted by molar-refractivity contribution is -0.104. The van der Waals surface area contributed by atoms with Gasteiger partial charge in [-0.05, 0) is 12.5 Å². The van der Waals surface area contributed by atoms with E-state index >= 15 is 0 Å². The predicted octanol–water partition coefficient (Wildman–Crippen LogP) is 2.05. The highest BCUT2D eigenvalue weighted by molar-refractivity contribution is 5.77. The van der Waals surface area contributed by atoms with Gasteiger partial charge in [-0.15, -0.1) is 0 Å². The van der Waals surface area contributed by atoms with E-state index in [0.717, 1.165) is 6.42 Å². The number of rotatable bonds is 4. The summed E-state index contributed by atoms with van der Waals surface area (Å²) >= 11 is 0. The Labute approximate surface area is 60.2 Å². The van der Waals surface area contributed by atoms with Gasteiger partial charge in [-0.25, -0.2) is 4.39 Å². The van der Waals surface area contributed by atoms with Crippen molar-refractivity contribution in [3.05, 3.63) is 23.8 Å². The Bertz CT molecular complexity index is 147. The van der Waals surface area contributed by atoms with Gasteiger partial charge in [0.05, 0.1) is 0 Å². The molecule has 0 aromatic heterocycles. The first-order valence-electron chi connectivity index (χ1n) is 3.23. The highest BCUT2D eigenvalue weighted by Gasteiger charge is 1.84. The number of carbonyl (C=O) groups is 1. The molecule has 0 fully saturated rings. The lowest BCUT2D eigenvalue weighted by atomic mass is 10.2. The van der Waals surface area contributed by atoms with Crippen molar-refractivity contribution >= 4 is 6.29 Å². The predicted molar refractivity (Wildman–Crippen MR) is 39.6 cm³/mol. The number of allylic oxidation sites excluding steroid dienone is 4. The van der Waals surface area contributed by atoms with Gasteiger partial charge in [0.15, 0.2) is 0 Å². The fourth-order valence-corrected chi connectivity index (χ4v) is 0.498. The van der Waals surface area contributed by atoms with Crippen molar-refractivity contribution in [3.63, 3.8) is 0 Å². The highest BCUT2D eigenvalue weighted by Crippen LogP contribution is 1.93. The molecule has 10 heavy (non-hydrogen) atoms. The maximum atomic E-state index is 11.6. The van der Waals surface area contributed by atoms with Crippen molar-refractivity contribution in [2.24, 2.45) is 0 Å². The largest absolute Gasteiger partial charge is 0.298 e. The molecule has 0 aromatic rings. The molecular formula is C8H11FO. The summed E-state index contributed by atoms with van der Waals surface area (Å²) in [5, 5.41) is 0. The minimum Gasteiger partial charge on any atom is -0.298 e. The second-order valence-corrected chi connectivity index (χ2v) is 1.79. The third kappa shape index (κ3) is 4.01. The van der Waals surface area contributed by atoms with E-state index in [2.05, 4.69) is 0 Å². The van der Waals surface area contributed by atoms with E-state index in [9.17, 15) is 9.18 Å². The van der Waals surface area contributed by atoms with Gasteiger partial charge in [0.2, 0.25) is 0 Å². The van der Waals surface area contributed by atoms with Gasteiger partial charge in [0, 0.05) is 5.57 Å². The highest BCUT2D eigenvalue weighted by atomic mass is 19.1. The van der Waals surface area contributed by atoms with Gasteiger partial charge in [-0.1, -0.05) is 19.1 Å². The van der Waals surface area contributed by atoms with Crippen LogP contribution in [0.15, 0.2) is 23.8 Å². The standard InChI is InChI=1S/C8H11FO/c1-2-3-4-8(7-10)5-6-9/h3-5,7H,2,6H2,1H3/b4-3-,8-5+. The molecule has 1 nitrogen and oxygen atoms in total. The van der Waals surface area contributed by atoms with Crippen LogP contribution in [0.1, 0.15) is 13.3 Å². The Kier molecular flexibility index (Phi) is 5.63. The van der Waals surface area contributed by atoms with E-state index in [-0.39, 0.29) is 0 Å². The van der Waals surface area contributed by atoms with E-state index in [1.165, 1.54) is 6.08 Å². The minimum atomic E-state index is -0.581. The first-order chi connectivity index (χ1) is 4.85. The summed E-state index contributed by atoms with van der Waals surface area (Å²) in [4.78, 5) is 10.1. The number of hydrogen-bond donors (Lipinski definition) is 0. The molecule has 0 aromatic carbocycles. The van der Waals surface area contributed by atoms with Crippen LogP contribution in [0.2, 0.25) is 0 Å². The van der Waals surface area contributed by atoms with Gasteiger partial charge in [-0.2, -0.15) is 0 Å². The first kappa shape index (κ1) is 9.08. The fourth-order valence-electron chi connectivity index (χ4n) is 0.498. The topological polar surface area (TPSA) is 17.1 Å². The van der Waals surface area contributed by atoms with E-state index in [0.29, 0.717) is 11.9 Å². The van der Waals surface area contributed by atoms with Gasteiger partial charge < -0.3 is 0 Å². The van der Waals surface area contributed by atoms with Crippen molar-refractivity contribution in [1.82, 2.24) is 0 Å². The van der Waals surface area contributed by atoms with E-state index in [1.807, 2.05) is 13.0 Å². The first-order valence-corrected chi connectivity index (χ1v) is 3.23. The molecule has 0 amide bonds. The fraction of sp³-hybridized carbons (Fsp3) is 0.375. The average molecular weight is 142 g/mol. The molecule has 0 unspecified atom stereocenters. The van der Waals surface area contributed by atoms with Crippen molar-refractivity contribution < 1.29 is 9.18 Å². The van der Waals surface area contributed by atoms with Crippen LogP contribution < -0.4 is 0 Å². The summed E-state index contributed by atoms with van der Waals surface area (Å²) in [5.74, 6) is 0. The molecular weight excluding hydrogens is 131 g/mol. The zero-order valence-corrected chi connectivity index (χ0v) is 6.01. The van der Waals surface area contributed by atoms with Crippen LogP contribution >= 0.6 is 0 Å². The summed E-state index contributed by atoms with van der Waals surface area (Å²) in [7, 11) is 0.